The molecule has 128 valence electrons. The highest BCUT2D eigenvalue weighted by molar-refractivity contribution is 6.63. The molecule has 0 aliphatic carbocycles. The first-order chi connectivity index (χ1) is 10.5. The van der Waals surface area contributed by atoms with Crippen LogP contribution in [0.3, 0.4) is 0 Å². The second-order valence-electron chi connectivity index (χ2n) is 8.11. The summed E-state index contributed by atoms with van der Waals surface area (Å²) in [4.78, 5) is 0. The van der Waals surface area contributed by atoms with Gasteiger partial charge in [-0.25, -0.2) is 0 Å². The van der Waals surface area contributed by atoms with Crippen molar-refractivity contribution in [2.75, 3.05) is 13.9 Å². The van der Waals surface area contributed by atoms with E-state index >= 15 is 0 Å². The molecule has 5 heteroatoms. The number of benzene rings is 1. The van der Waals surface area contributed by atoms with Crippen molar-refractivity contribution in [1.29, 1.82) is 0 Å². The van der Waals surface area contributed by atoms with Crippen LogP contribution in [0.25, 0.3) is 0 Å². The minimum atomic E-state index is -0.450. The summed E-state index contributed by atoms with van der Waals surface area (Å²) in [7, 11) is 1.17. The average molecular weight is 320 g/mol. The van der Waals surface area contributed by atoms with Crippen LogP contribution in [0.1, 0.15) is 54.0 Å². The first kappa shape index (κ1) is 18.3. The van der Waals surface area contributed by atoms with Crippen LogP contribution in [0.15, 0.2) is 18.2 Å². The molecule has 0 N–H and O–H groups in total. The van der Waals surface area contributed by atoms with Gasteiger partial charge in [-0.1, -0.05) is 39.0 Å². The van der Waals surface area contributed by atoms with Gasteiger partial charge < -0.3 is 18.8 Å². The van der Waals surface area contributed by atoms with Gasteiger partial charge in [-0.15, -0.1) is 0 Å². The van der Waals surface area contributed by atoms with Crippen molar-refractivity contribution in [2.45, 2.75) is 65.1 Å². The van der Waals surface area contributed by atoms with E-state index in [-0.39, 0.29) is 23.4 Å². The van der Waals surface area contributed by atoms with E-state index < -0.39 is 7.12 Å². The summed E-state index contributed by atoms with van der Waals surface area (Å²) in [6, 6.07) is 6.11. The number of para-hydroxylation sites is 1. The van der Waals surface area contributed by atoms with E-state index in [1.54, 1.807) is 7.11 Å². The van der Waals surface area contributed by atoms with Crippen LogP contribution in [0, 0.1) is 0 Å². The minimum Gasteiger partial charge on any atom is -0.468 e. The van der Waals surface area contributed by atoms with E-state index in [1.165, 1.54) is 0 Å². The molecule has 0 saturated carbocycles. The van der Waals surface area contributed by atoms with Gasteiger partial charge in [0, 0.05) is 12.6 Å². The molecule has 2 rings (SSSR count). The Hall–Kier alpha value is -1.04. The molecule has 0 unspecified atom stereocenters. The molecule has 0 radical (unpaired) electrons. The van der Waals surface area contributed by atoms with E-state index in [0.717, 1.165) is 16.8 Å². The predicted octanol–water partition coefficient (Wildman–Crippen LogP) is 3.27. The molecule has 1 fully saturated rings. The van der Waals surface area contributed by atoms with Crippen molar-refractivity contribution >= 4 is 12.6 Å². The zero-order valence-corrected chi connectivity index (χ0v) is 15.6. The lowest BCUT2D eigenvalue weighted by Gasteiger charge is -2.32. The Bertz CT molecular complexity index is 545. The van der Waals surface area contributed by atoms with Crippen LogP contribution in [-0.4, -0.2) is 32.2 Å². The number of hydrogen-bond donors (Lipinski definition) is 0. The predicted molar refractivity (Wildman–Crippen MR) is 93.4 cm³/mol. The molecule has 4 nitrogen and oxygen atoms in total. The zero-order chi connectivity index (χ0) is 17.5. The lowest BCUT2D eigenvalue weighted by molar-refractivity contribution is 0.00578. The monoisotopic (exact) mass is 320 g/mol. The number of hydrogen-bond acceptors (Lipinski definition) is 4. The SMILES string of the molecule is COCOc1c(B2OC(C)(C)C(C)(C)O2)cccc1C(C)(C)C. The lowest BCUT2D eigenvalue weighted by atomic mass is 9.74. The highest BCUT2D eigenvalue weighted by Gasteiger charge is 2.52. The van der Waals surface area contributed by atoms with Crippen LogP contribution in [0.4, 0.5) is 0 Å². The molecule has 1 aliphatic heterocycles. The molecule has 0 atom stereocenters. The maximum atomic E-state index is 6.20. The first-order valence-electron chi connectivity index (χ1n) is 8.10. The van der Waals surface area contributed by atoms with Crippen LogP contribution < -0.4 is 10.2 Å². The Morgan fingerprint density at radius 2 is 1.61 bits per heavy atom. The molecular formula is C18H29BO4. The van der Waals surface area contributed by atoms with Crippen LogP contribution >= 0.6 is 0 Å². The van der Waals surface area contributed by atoms with Crippen molar-refractivity contribution in [3.63, 3.8) is 0 Å². The van der Waals surface area contributed by atoms with Crippen molar-refractivity contribution < 1.29 is 18.8 Å². The fourth-order valence-corrected chi connectivity index (χ4v) is 2.58. The molecule has 23 heavy (non-hydrogen) atoms. The number of rotatable bonds is 4. The smallest absolute Gasteiger partial charge is 0.468 e. The summed E-state index contributed by atoms with van der Waals surface area (Å²) in [6.45, 7) is 14.9. The molecule has 1 aliphatic rings. The third-order valence-corrected chi connectivity index (χ3v) is 4.68. The Morgan fingerprint density at radius 3 is 2.09 bits per heavy atom. The molecule has 1 aromatic carbocycles. The van der Waals surface area contributed by atoms with E-state index in [0.29, 0.717) is 0 Å². The summed E-state index contributed by atoms with van der Waals surface area (Å²) < 4.78 is 23.4. The topological polar surface area (TPSA) is 36.9 Å². The molecule has 0 aromatic heterocycles. The summed E-state index contributed by atoms with van der Waals surface area (Å²) in [5, 5.41) is 0. The van der Waals surface area contributed by atoms with Crippen LogP contribution in [-0.2, 0) is 19.5 Å². The van der Waals surface area contributed by atoms with Crippen molar-refractivity contribution in [3.05, 3.63) is 23.8 Å². The van der Waals surface area contributed by atoms with E-state index in [4.69, 9.17) is 18.8 Å². The van der Waals surface area contributed by atoms with Gasteiger partial charge in [0.25, 0.3) is 0 Å². The summed E-state index contributed by atoms with van der Waals surface area (Å²) in [5.41, 5.74) is 1.21. The fourth-order valence-electron chi connectivity index (χ4n) is 2.58. The van der Waals surface area contributed by atoms with E-state index in [2.05, 4.69) is 54.5 Å². The van der Waals surface area contributed by atoms with Gasteiger partial charge in [0.1, 0.15) is 5.75 Å². The largest absolute Gasteiger partial charge is 0.498 e. The van der Waals surface area contributed by atoms with Gasteiger partial charge in [0.15, 0.2) is 6.79 Å². The zero-order valence-electron chi connectivity index (χ0n) is 15.6. The first-order valence-corrected chi connectivity index (χ1v) is 8.10. The standard InChI is InChI=1S/C18H29BO4/c1-16(2,3)13-10-9-11-14(15(13)21-12-20-8)19-22-17(4,5)18(6,7)23-19/h9-11H,12H2,1-8H3. The third kappa shape index (κ3) is 3.57. The molecular weight excluding hydrogens is 291 g/mol. The van der Waals surface area contributed by atoms with Crippen LogP contribution in [0.2, 0.25) is 0 Å². The number of ether oxygens (including phenoxy) is 2. The molecule has 1 aromatic rings. The second kappa shape index (κ2) is 6.12. The Morgan fingerprint density at radius 1 is 1.04 bits per heavy atom. The van der Waals surface area contributed by atoms with Gasteiger partial charge >= 0.3 is 7.12 Å². The van der Waals surface area contributed by atoms with Gasteiger partial charge in [0.05, 0.1) is 11.2 Å². The Kier molecular flexibility index (Phi) is 4.87. The van der Waals surface area contributed by atoms with Gasteiger partial charge in [0.2, 0.25) is 0 Å². The van der Waals surface area contributed by atoms with Crippen molar-refractivity contribution in [3.8, 4) is 5.75 Å². The molecule has 0 amide bonds. The third-order valence-electron chi connectivity index (χ3n) is 4.68. The molecule has 1 saturated heterocycles. The van der Waals surface area contributed by atoms with Crippen molar-refractivity contribution in [1.82, 2.24) is 0 Å². The summed E-state index contributed by atoms with van der Waals surface area (Å²) in [5.74, 6) is 0.792. The second-order valence-corrected chi connectivity index (χ2v) is 8.11. The maximum Gasteiger partial charge on any atom is 0.498 e. The Labute approximate surface area is 140 Å². The van der Waals surface area contributed by atoms with Crippen molar-refractivity contribution in [2.24, 2.45) is 0 Å². The normalized spacial score (nSPS) is 19.9. The minimum absolute atomic E-state index is 0.0529. The highest BCUT2D eigenvalue weighted by Crippen LogP contribution is 2.38. The van der Waals surface area contributed by atoms with Gasteiger partial charge in [-0.05, 0) is 38.7 Å². The van der Waals surface area contributed by atoms with E-state index in [9.17, 15) is 0 Å². The van der Waals surface area contributed by atoms with Gasteiger partial charge in [-0.2, -0.15) is 0 Å². The molecule has 1 heterocycles. The Balaban J connectivity index is 2.47. The number of methoxy groups -OCH3 is 1. The average Bonchev–Trinajstić information content (AvgIpc) is 2.63. The highest BCUT2D eigenvalue weighted by atomic mass is 16.7. The lowest BCUT2D eigenvalue weighted by Crippen LogP contribution is -2.41. The molecule has 0 spiro atoms. The molecule has 0 bridgehead atoms. The van der Waals surface area contributed by atoms with Gasteiger partial charge in [-0.3, -0.25) is 0 Å². The maximum absolute atomic E-state index is 6.20. The fraction of sp³-hybridized carbons (Fsp3) is 0.667. The quantitative estimate of drug-likeness (QED) is 0.630. The summed E-state index contributed by atoms with van der Waals surface area (Å²) in [6.07, 6.45) is 0. The van der Waals surface area contributed by atoms with Crippen LogP contribution in [0.5, 0.6) is 5.75 Å². The summed E-state index contributed by atoms with van der Waals surface area (Å²) >= 11 is 0. The van der Waals surface area contributed by atoms with E-state index in [1.807, 2.05) is 12.1 Å².